The standard InChI is InChI=1S/C13H18N6/c1-9(2)18-13(14)15-7-10-4-3-5-11(6-10)12-16-8-17-19-12/h3-6,8-9H,7H2,1-2H3,(H3,14,15,18)(H,16,17,19). The Labute approximate surface area is 112 Å². The summed E-state index contributed by atoms with van der Waals surface area (Å²) in [5.41, 5.74) is 7.82. The minimum atomic E-state index is 0.282. The highest BCUT2D eigenvalue weighted by molar-refractivity contribution is 5.78. The van der Waals surface area contributed by atoms with E-state index in [2.05, 4.69) is 25.5 Å². The van der Waals surface area contributed by atoms with E-state index >= 15 is 0 Å². The fraction of sp³-hybridized carbons (Fsp3) is 0.308. The molecule has 0 aliphatic carbocycles. The molecule has 0 fully saturated rings. The van der Waals surface area contributed by atoms with Crippen molar-refractivity contribution in [3.63, 3.8) is 0 Å². The van der Waals surface area contributed by atoms with Gasteiger partial charge >= 0.3 is 0 Å². The monoisotopic (exact) mass is 258 g/mol. The summed E-state index contributed by atoms with van der Waals surface area (Å²) < 4.78 is 0. The second-order valence-corrected chi connectivity index (χ2v) is 4.53. The number of H-pyrrole nitrogens is 1. The Hall–Kier alpha value is -2.37. The molecular weight excluding hydrogens is 240 g/mol. The van der Waals surface area contributed by atoms with Gasteiger partial charge in [-0.25, -0.2) is 9.98 Å². The molecule has 0 atom stereocenters. The third-order valence-corrected chi connectivity index (χ3v) is 2.48. The Morgan fingerprint density at radius 2 is 2.32 bits per heavy atom. The van der Waals surface area contributed by atoms with Crippen molar-refractivity contribution in [3.05, 3.63) is 36.2 Å². The lowest BCUT2D eigenvalue weighted by Gasteiger charge is -2.08. The first-order valence-corrected chi connectivity index (χ1v) is 6.16. The smallest absolute Gasteiger partial charge is 0.189 e. The third-order valence-electron chi connectivity index (χ3n) is 2.48. The largest absolute Gasteiger partial charge is 0.370 e. The first-order chi connectivity index (χ1) is 9.15. The maximum atomic E-state index is 5.77. The van der Waals surface area contributed by atoms with Crippen molar-refractivity contribution in [3.8, 4) is 11.4 Å². The van der Waals surface area contributed by atoms with Gasteiger partial charge in [-0.1, -0.05) is 18.2 Å². The van der Waals surface area contributed by atoms with Gasteiger partial charge in [-0.05, 0) is 25.5 Å². The highest BCUT2D eigenvalue weighted by atomic mass is 15.2. The van der Waals surface area contributed by atoms with Crippen LogP contribution in [-0.2, 0) is 6.54 Å². The molecular formula is C13H18N6. The van der Waals surface area contributed by atoms with Gasteiger partial charge in [0.05, 0.1) is 6.54 Å². The Kier molecular flexibility index (Phi) is 4.12. The van der Waals surface area contributed by atoms with Gasteiger partial charge in [-0.15, -0.1) is 0 Å². The van der Waals surface area contributed by atoms with Crippen LogP contribution >= 0.6 is 0 Å². The van der Waals surface area contributed by atoms with Crippen LogP contribution in [0, 0.1) is 0 Å². The summed E-state index contributed by atoms with van der Waals surface area (Å²) in [6, 6.07) is 8.25. The summed E-state index contributed by atoms with van der Waals surface area (Å²) in [6.07, 6.45) is 1.49. The number of aromatic nitrogens is 3. The molecule has 6 nitrogen and oxygen atoms in total. The van der Waals surface area contributed by atoms with Crippen LogP contribution in [0.15, 0.2) is 35.6 Å². The van der Waals surface area contributed by atoms with Crippen LogP contribution in [0.5, 0.6) is 0 Å². The molecule has 0 radical (unpaired) electrons. The topological polar surface area (TPSA) is 92.0 Å². The lowest BCUT2D eigenvalue weighted by Crippen LogP contribution is -2.36. The number of aliphatic imine (C=N–C) groups is 1. The van der Waals surface area contributed by atoms with Crippen LogP contribution in [0.3, 0.4) is 0 Å². The maximum absolute atomic E-state index is 5.77. The lowest BCUT2D eigenvalue weighted by molar-refractivity contribution is 0.723. The highest BCUT2D eigenvalue weighted by Crippen LogP contribution is 2.15. The molecule has 1 aromatic heterocycles. The average Bonchev–Trinajstić information content (AvgIpc) is 2.90. The number of aromatic amines is 1. The number of nitrogens with zero attached hydrogens (tertiary/aromatic N) is 3. The van der Waals surface area contributed by atoms with E-state index in [0.29, 0.717) is 12.5 Å². The lowest BCUT2D eigenvalue weighted by atomic mass is 10.1. The Balaban J connectivity index is 2.08. The molecule has 2 rings (SSSR count). The molecule has 6 heteroatoms. The summed E-state index contributed by atoms with van der Waals surface area (Å²) in [5, 5.41) is 9.73. The third kappa shape index (κ3) is 3.80. The van der Waals surface area contributed by atoms with E-state index in [9.17, 15) is 0 Å². The predicted molar refractivity (Wildman–Crippen MR) is 75.4 cm³/mol. The molecule has 0 amide bonds. The fourth-order valence-corrected chi connectivity index (χ4v) is 1.68. The SMILES string of the molecule is CC(C)NC(N)=NCc1cccc(-c2ncn[nH]2)c1. The number of nitrogens with one attached hydrogen (secondary N) is 2. The summed E-state index contributed by atoms with van der Waals surface area (Å²) in [4.78, 5) is 8.42. The van der Waals surface area contributed by atoms with Crippen LogP contribution in [0.1, 0.15) is 19.4 Å². The number of rotatable bonds is 4. The zero-order chi connectivity index (χ0) is 13.7. The van der Waals surface area contributed by atoms with Crippen molar-refractivity contribution < 1.29 is 0 Å². The van der Waals surface area contributed by atoms with Crippen molar-refractivity contribution in [1.29, 1.82) is 0 Å². The van der Waals surface area contributed by atoms with Gasteiger partial charge in [0.15, 0.2) is 11.8 Å². The van der Waals surface area contributed by atoms with E-state index in [4.69, 9.17) is 5.73 Å². The molecule has 100 valence electrons. The second kappa shape index (κ2) is 5.99. The van der Waals surface area contributed by atoms with Crippen LogP contribution < -0.4 is 11.1 Å². The van der Waals surface area contributed by atoms with Gasteiger partial charge < -0.3 is 11.1 Å². The van der Waals surface area contributed by atoms with Crippen LogP contribution in [0.4, 0.5) is 0 Å². The summed E-state index contributed by atoms with van der Waals surface area (Å²) in [6.45, 7) is 4.58. The molecule has 19 heavy (non-hydrogen) atoms. The zero-order valence-corrected chi connectivity index (χ0v) is 11.1. The molecule has 0 saturated heterocycles. The number of hydrogen-bond acceptors (Lipinski definition) is 3. The molecule has 2 aromatic rings. The minimum absolute atomic E-state index is 0.282. The van der Waals surface area contributed by atoms with Crippen molar-refractivity contribution in [2.24, 2.45) is 10.7 Å². The summed E-state index contributed by atoms with van der Waals surface area (Å²) in [5.74, 6) is 1.21. The van der Waals surface area contributed by atoms with E-state index < -0.39 is 0 Å². The highest BCUT2D eigenvalue weighted by Gasteiger charge is 2.01. The van der Waals surface area contributed by atoms with Gasteiger partial charge in [0.2, 0.25) is 0 Å². The van der Waals surface area contributed by atoms with Gasteiger partial charge in [-0.3, -0.25) is 5.10 Å². The molecule has 0 bridgehead atoms. The van der Waals surface area contributed by atoms with Crippen molar-refractivity contribution >= 4 is 5.96 Å². The Bertz CT molecular complexity index is 544. The van der Waals surface area contributed by atoms with Crippen LogP contribution in [0.25, 0.3) is 11.4 Å². The number of benzene rings is 1. The molecule has 0 spiro atoms. The molecule has 1 heterocycles. The van der Waals surface area contributed by atoms with Crippen LogP contribution in [-0.4, -0.2) is 27.2 Å². The Morgan fingerprint density at radius 1 is 1.47 bits per heavy atom. The first-order valence-electron chi connectivity index (χ1n) is 6.16. The van der Waals surface area contributed by atoms with E-state index in [1.54, 1.807) is 0 Å². The summed E-state index contributed by atoms with van der Waals surface area (Å²) >= 11 is 0. The minimum Gasteiger partial charge on any atom is -0.370 e. The predicted octanol–water partition coefficient (Wildman–Crippen LogP) is 1.28. The fourth-order valence-electron chi connectivity index (χ4n) is 1.68. The average molecular weight is 258 g/mol. The van der Waals surface area contributed by atoms with Crippen molar-refractivity contribution in [2.75, 3.05) is 0 Å². The van der Waals surface area contributed by atoms with Crippen molar-refractivity contribution in [1.82, 2.24) is 20.5 Å². The van der Waals surface area contributed by atoms with E-state index in [0.717, 1.165) is 17.0 Å². The van der Waals surface area contributed by atoms with Gasteiger partial charge in [0.1, 0.15) is 6.33 Å². The number of nitrogens with two attached hydrogens (primary N) is 1. The van der Waals surface area contributed by atoms with E-state index in [1.165, 1.54) is 6.33 Å². The molecule has 0 aliphatic rings. The second-order valence-electron chi connectivity index (χ2n) is 4.53. The first kappa shape index (κ1) is 13.1. The van der Waals surface area contributed by atoms with Crippen LogP contribution in [0.2, 0.25) is 0 Å². The Morgan fingerprint density at radius 3 is 3.00 bits per heavy atom. The van der Waals surface area contributed by atoms with Crippen molar-refractivity contribution in [2.45, 2.75) is 26.4 Å². The molecule has 0 aliphatic heterocycles. The quantitative estimate of drug-likeness (QED) is 0.569. The summed E-state index contributed by atoms with van der Waals surface area (Å²) in [7, 11) is 0. The normalized spacial score (nSPS) is 11.8. The van der Waals surface area contributed by atoms with Gasteiger partial charge in [0.25, 0.3) is 0 Å². The van der Waals surface area contributed by atoms with Gasteiger partial charge in [-0.2, -0.15) is 5.10 Å². The van der Waals surface area contributed by atoms with E-state index in [1.807, 2.05) is 38.1 Å². The molecule has 1 aromatic carbocycles. The molecule has 4 N–H and O–H groups in total. The number of guanidine groups is 1. The van der Waals surface area contributed by atoms with Gasteiger partial charge in [0, 0.05) is 11.6 Å². The molecule has 0 unspecified atom stereocenters. The van der Waals surface area contributed by atoms with E-state index in [-0.39, 0.29) is 6.04 Å². The maximum Gasteiger partial charge on any atom is 0.189 e. The molecule has 0 saturated carbocycles. The number of hydrogen-bond donors (Lipinski definition) is 3. The zero-order valence-electron chi connectivity index (χ0n) is 11.1.